The third-order valence-electron chi connectivity index (χ3n) is 4.63. The first-order valence-corrected chi connectivity index (χ1v) is 10.1. The summed E-state index contributed by atoms with van der Waals surface area (Å²) in [6.07, 6.45) is 2.25. The maximum Gasteiger partial charge on any atom is 0.255 e. The molecular weight excluding hydrogens is 396 g/mol. The van der Waals surface area contributed by atoms with Crippen molar-refractivity contribution in [1.29, 1.82) is 0 Å². The fourth-order valence-corrected chi connectivity index (χ4v) is 4.15. The maximum absolute atomic E-state index is 12.6. The van der Waals surface area contributed by atoms with E-state index in [0.29, 0.717) is 5.56 Å². The van der Waals surface area contributed by atoms with E-state index in [1.807, 2.05) is 48.5 Å². The van der Waals surface area contributed by atoms with Gasteiger partial charge in [-0.2, -0.15) is 0 Å². The molecule has 2 heterocycles. The molecule has 1 amide bonds. The van der Waals surface area contributed by atoms with E-state index in [9.17, 15) is 4.79 Å². The van der Waals surface area contributed by atoms with Gasteiger partial charge in [0.2, 0.25) is 0 Å². The number of fused-ring (bicyclic) bond motifs is 1. The molecule has 0 aliphatic heterocycles. The third-order valence-corrected chi connectivity index (χ3v) is 5.66. The molecule has 0 bridgehead atoms. The van der Waals surface area contributed by atoms with Crippen LogP contribution in [0, 0.1) is 0 Å². The smallest absolute Gasteiger partial charge is 0.255 e. The number of nitrogens with one attached hydrogen (secondary N) is 1. The number of hydrogen-bond donors (Lipinski definition) is 1. The van der Waals surface area contributed by atoms with E-state index in [-0.39, 0.29) is 5.91 Å². The summed E-state index contributed by atoms with van der Waals surface area (Å²) in [6, 6.07) is 23.1. The minimum Gasteiger partial charge on any atom is -0.322 e. The molecule has 0 unspecified atom stereocenters. The lowest BCUT2D eigenvalue weighted by atomic mass is 10.1. The summed E-state index contributed by atoms with van der Waals surface area (Å²) >= 11 is 1.71. The summed E-state index contributed by atoms with van der Waals surface area (Å²) in [6.45, 7) is 0. The van der Waals surface area contributed by atoms with Crippen molar-refractivity contribution >= 4 is 33.1 Å². The van der Waals surface area contributed by atoms with E-state index < -0.39 is 0 Å². The number of anilines is 1. The van der Waals surface area contributed by atoms with Crippen LogP contribution < -0.4 is 5.32 Å². The molecular formula is C22H16N6OS. The number of carbonyl (C=O) groups is 1. The Morgan fingerprint density at radius 2 is 1.87 bits per heavy atom. The first kappa shape index (κ1) is 18.1. The van der Waals surface area contributed by atoms with Crippen LogP contribution in [-0.4, -0.2) is 31.1 Å². The minimum atomic E-state index is -0.191. The van der Waals surface area contributed by atoms with E-state index in [2.05, 4.69) is 31.9 Å². The predicted octanol–water partition coefficient (Wildman–Crippen LogP) is 4.12. The van der Waals surface area contributed by atoms with E-state index >= 15 is 0 Å². The molecule has 8 heteroatoms. The summed E-state index contributed by atoms with van der Waals surface area (Å²) < 4.78 is 2.70. The van der Waals surface area contributed by atoms with Crippen LogP contribution in [0.25, 0.3) is 15.9 Å². The summed E-state index contributed by atoms with van der Waals surface area (Å²) in [5.74, 6) is -0.191. The zero-order chi connectivity index (χ0) is 20.3. The molecule has 3 aromatic carbocycles. The van der Waals surface area contributed by atoms with Crippen molar-refractivity contribution < 1.29 is 4.79 Å². The molecule has 0 spiro atoms. The normalized spacial score (nSPS) is 10.9. The van der Waals surface area contributed by atoms with Gasteiger partial charge in [0.05, 0.1) is 20.9 Å². The van der Waals surface area contributed by atoms with Crippen LogP contribution in [0.5, 0.6) is 0 Å². The summed E-state index contributed by atoms with van der Waals surface area (Å²) in [7, 11) is 0. The molecule has 0 radical (unpaired) electrons. The molecule has 5 aromatic rings. The Morgan fingerprint density at radius 3 is 2.67 bits per heavy atom. The molecule has 0 aliphatic carbocycles. The second kappa shape index (κ2) is 7.84. The van der Waals surface area contributed by atoms with Gasteiger partial charge in [-0.25, -0.2) is 9.67 Å². The average molecular weight is 412 g/mol. The summed E-state index contributed by atoms with van der Waals surface area (Å²) in [5, 5.41) is 15.1. The van der Waals surface area contributed by atoms with Crippen molar-refractivity contribution in [3.05, 3.63) is 95.3 Å². The quantitative estimate of drug-likeness (QED) is 0.469. The van der Waals surface area contributed by atoms with Crippen LogP contribution in [0.4, 0.5) is 5.69 Å². The lowest BCUT2D eigenvalue weighted by Crippen LogP contribution is -2.12. The average Bonchev–Trinajstić information content (AvgIpc) is 3.45. The molecule has 2 aromatic heterocycles. The van der Waals surface area contributed by atoms with Gasteiger partial charge in [0, 0.05) is 17.7 Å². The van der Waals surface area contributed by atoms with Gasteiger partial charge in [-0.05, 0) is 58.5 Å². The summed E-state index contributed by atoms with van der Waals surface area (Å²) in [5.41, 5.74) is 4.17. The van der Waals surface area contributed by atoms with Gasteiger partial charge in [-0.15, -0.1) is 16.4 Å². The van der Waals surface area contributed by atoms with Crippen LogP contribution >= 0.6 is 11.3 Å². The second-order valence-corrected chi connectivity index (χ2v) is 7.82. The minimum absolute atomic E-state index is 0.191. The van der Waals surface area contributed by atoms with E-state index in [0.717, 1.165) is 33.9 Å². The highest BCUT2D eigenvalue weighted by Gasteiger charge is 2.09. The van der Waals surface area contributed by atoms with E-state index in [4.69, 9.17) is 0 Å². The van der Waals surface area contributed by atoms with Gasteiger partial charge in [0.25, 0.3) is 5.91 Å². The number of aromatic nitrogens is 5. The first-order valence-electron chi connectivity index (χ1n) is 9.33. The molecule has 30 heavy (non-hydrogen) atoms. The molecule has 0 saturated heterocycles. The molecule has 146 valence electrons. The number of para-hydroxylation sites is 1. The van der Waals surface area contributed by atoms with Crippen molar-refractivity contribution in [3.8, 4) is 5.69 Å². The Kier molecular flexibility index (Phi) is 4.74. The molecule has 5 rings (SSSR count). The summed E-state index contributed by atoms with van der Waals surface area (Å²) in [4.78, 5) is 17.3. The van der Waals surface area contributed by atoms with Gasteiger partial charge in [-0.3, -0.25) is 4.79 Å². The number of tetrazole rings is 1. The molecule has 0 fully saturated rings. The zero-order valence-electron chi connectivity index (χ0n) is 15.8. The number of hydrogen-bond acceptors (Lipinski definition) is 6. The van der Waals surface area contributed by atoms with Crippen LogP contribution in [0.1, 0.15) is 20.9 Å². The Balaban J connectivity index is 1.28. The Labute approximate surface area is 176 Å². The first-order chi connectivity index (χ1) is 14.7. The number of amides is 1. The molecule has 0 atom stereocenters. The van der Waals surface area contributed by atoms with E-state index in [1.54, 1.807) is 29.5 Å². The maximum atomic E-state index is 12.6. The molecule has 7 nitrogen and oxygen atoms in total. The predicted molar refractivity (Wildman–Crippen MR) is 116 cm³/mol. The van der Waals surface area contributed by atoms with Crippen LogP contribution in [-0.2, 0) is 6.42 Å². The molecule has 0 aliphatic rings. The molecule has 0 saturated carbocycles. The Bertz CT molecular complexity index is 1280. The lowest BCUT2D eigenvalue weighted by molar-refractivity contribution is 0.102. The van der Waals surface area contributed by atoms with Gasteiger partial charge >= 0.3 is 0 Å². The fraction of sp³-hybridized carbons (Fsp3) is 0.0455. The highest BCUT2D eigenvalue weighted by molar-refractivity contribution is 7.18. The van der Waals surface area contributed by atoms with Gasteiger partial charge < -0.3 is 5.32 Å². The topological polar surface area (TPSA) is 85.6 Å². The van der Waals surface area contributed by atoms with Crippen molar-refractivity contribution in [1.82, 2.24) is 25.2 Å². The number of thiazole rings is 1. The lowest BCUT2D eigenvalue weighted by Gasteiger charge is -2.07. The standard InChI is InChI=1S/C22H16N6OS/c29-22(16-4-3-5-18(13-16)28-14-23-26-27-28)24-17-10-8-15(9-11-17)12-21-25-19-6-1-2-7-20(19)30-21/h1-11,13-14H,12H2,(H,24,29). The monoisotopic (exact) mass is 412 g/mol. The number of nitrogens with zero attached hydrogens (tertiary/aromatic N) is 5. The van der Waals surface area contributed by atoms with Crippen molar-refractivity contribution in [3.63, 3.8) is 0 Å². The van der Waals surface area contributed by atoms with Gasteiger partial charge in [0.15, 0.2) is 0 Å². The zero-order valence-corrected chi connectivity index (χ0v) is 16.6. The van der Waals surface area contributed by atoms with Crippen molar-refractivity contribution in [2.24, 2.45) is 0 Å². The number of benzene rings is 3. The Morgan fingerprint density at radius 1 is 1.00 bits per heavy atom. The fourth-order valence-electron chi connectivity index (χ4n) is 3.15. The highest BCUT2D eigenvalue weighted by atomic mass is 32.1. The SMILES string of the molecule is O=C(Nc1ccc(Cc2nc3ccccc3s2)cc1)c1cccc(-n2cnnn2)c1. The van der Waals surface area contributed by atoms with E-state index in [1.165, 1.54) is 15.7 Å². The van der Waals surface area contributed by atoms with Crippen LogP contribution in [0.3, 0.4) is 0 Å². The van der Waals surface area contributed by atoms with Crippen LogP contribution in [0.15, 0.2) is 79.1 Å². The van der Waals surface area contributed by atoms with Gasteiger partial charge in [0.1, 0.15) is 6.33 Å². The second-order valence-electron chi connectivity index (χ2n) is 6.71. The van der Waals surface area contributed by atoms with Crippen molar-refractivity contribution in [2.75, 3.05) is 5.32 Å². The highest BCUT2D eigenvalue weighted by Crippen LogP contribution is 2.24. The number of carbonyl (C=O) groups excluding carboxylic acids is 1. The Hall–Kier alpha value is -3.91. The van der Waals surface area contributed by atoms with Gasteiger partial charge in [-0.1, -0.05) is 30.3 Å². The van der Waals surface area contributed by atoms with Crippen LogP contribution in [0.2, 0.25) is 0 Å². The number of rotatable bonds is 5. The largest absolute Gasteiger partial charge is 0.322 e. The van der Waals surface area contributed by atoms with Crippen molar-refractivity contribution in [2.45, 2.75) is 6.42 Å². The molecule has 1 N–H and O–H groups in total. The third kappa shape index (κ3) is 3.81.